The summed E-state index contributed by atoms with van der Waals surface area (Å²) in [5.74, 6) is 3.07. The fourth-order valence-corrected chi connectivity index (χ4v) is 1.60. The zero-order chi connectivity index (χ0) is 10.8. The van der Waals surface area contributed by atoms with Crippen LogP contribution in [0.15, 0.2) is 0 Å². The van der Waals surface area contributed by atoms with Crippen molar-refractivity contribution in [3.05, 3.63) is 0 Å². The van der Waals surface area contributed by atoms with Crippen molar-refractivity contribution in [2.75, 3.05) is 13.1 Å². The first-order valence-corrected chi connectivity index (χ1v) is 4.97. The van der Waals surface area contributed by atoms with Crippen LogP contribution in [0.3, 0.4) is 0 Å². The summed E-state index contributed by atoms with van der Waals surface area (Å²) in [4.78, 5) is 11.8. The number of nitrogens with one attached hydrogen (secondary N) is 2. The highest BCUT2D eigenvalue weighted by Gasteiger charge is 2.31. The van der Waals surface area contributed by atoms with Gasteiger partial charge in [-0.25, -0.2) is 0 Å². The second-order valence-corrected chi connectivity index (χ2v) is 4.50. The van der Waals surface area contributed by atoms with Gasteiger partial charge in [0.05, 0.1) is 11.5 Å². The molecule has 1 aliphatic rings. The third-order valence-corrected chi connectivity index (χ3v) is 2.65. The molecule has 0 radical (unpaired) electrons. The Morgan fingerprint density at radius 2 is 2.21 bits per heavy atom. The van der Waals surface area contributed by atoms with Gasteiger partial charge in [0, 0.05) is 6.54 Å². The minimum absolute atomic E-state index is 0.0580. The van der Waals surface area contributed by atoms with Gasteiger partial charge in [-0.15, -0.1) is 6.42 Å². The molecule has 1 saturated heterocycles. The fraction of sp³-hybridized carbons (Fsp3) is 0.727. The lowest BCUT2D eigenvalue weighted by molar-refractivity contribution is -0.126. The molecule has 14 heavy (non-hydrogen) atoms. The fourth-order valence-electron chi connectivity index (χ4n) is 1.60. The smallest absolute Gasteiger partial charge is 0.225 e. The molecule has 1 rings (SSSR count). The second kappa shape index (κ2) is 4.02. The summed E-state index contributed by atoms with van der Waals surface area (Å²) >= 11 is 0. The van der Waals surface area contributed by atoms with Gasteiger partial charge in [-0.2, -0.15) is 0 Å². The third kappa shape index (κ3) is 2.49. The van der Waals surface area contributed by atoms with Crippen LogP contribution in [0, 0.1) is 24.2 Å². The first-order chi connectivity index (χ1) is 6.46. The number of terminal acetylenes is 1. The van der Waals surface area contributed by atoms with Crippen molar-refractivity contribution in [1.82, 2.24) is 10.6 Å². The van der Waals surface area contributed by atoms with E-state index in [1.165, 1.54) is 0 Å². The standard InChI is InChI=1S/C11H18N2O/c1-5-11(3,4)13-10(14)9-7-12-6-8(9)2/h1,8-9,12H,6-7H2,2-4H3,(H,13,14)/t8-,9-/m1/s1. The van der Waals surface area contributed by atoms with E-state index in [1.807, 2.05) is 13.8 Å². The normalized spacial score (nSPS) is 27.0. The average Bonchev–Trinajstić information content (AvgIpc) is 2.51. The number of rotatable bonds is 2. The van der Waals surface area contributed by atoms with Crippen LogP contribution in [-0.2, 0) is 4.79 Å². The van der Waals surface area contributed by atoms with Gasteiger partial charge in [-0.1, -0.05) is 12.8 Å². The number of hydrogen-bond donors (Lipinski definition) is 2. The summed E-state index contributed by atoms with van der Waals surface area (Å²) in [5.41, 5.74) is -0.542. The zero-order valence-electron chi connectivity index (χ0n) is 9.05. The van der Waals surface area contributed by atoms with Crippen LogP contribution >= 0.6 is 0 Å². The van der Waals surface area contributed by atoms with Gasteiger partial charge in [-0.05, 0) is 26.3 Å². The molecule has 0 aromatic heterocycles. The maximum Gasteiger partial charge on any atom is 0.225 e. The predicted molar refractivity (Wildman–Crippen MR) is 56.6 cm³/mol. The number of carbonyl (C=O) groups excluding carboxylic acids is 1. The molecule has 0 saturated carbocycles. The average molecular weight is 194 g/mol. The molecule has 1 fully saturated rings. The van der Waals surface area contributed by atoms with Crippen molar-refractivity contribution in [1.29, 1.82) is 0 Å². The second-order valence-electron chi connectivity index (χ2n) is 4.50. The van der Waals surface area contributed by atoms with Crippen LogP contribution in [0.1, 0.15) is 20.8 Å². The van der Waals surface area contributed by atoms with Crippen molar-refractivity contribution in [3.8, 4) is 12.3 Å². The van der Waals surface area contributed by atoms with Crippen molar-refractivity contribution < 1.29 is 4.79 Å². The number of hydrogen-bond acceptors (Lipinski definition) is 2. The van der Waals surface area contributed by atoms with Gasteiger partial charge in [0.25, 0.3) is 0 Å². The zero-order valence-corrected chi connectivity index (χ0v) is 9.05. The van der Waals surface area contributed by atoms with Gasteiger partial charge in [0.15, 0.2) is 0 Å². The van der Waals surface area contributed by atoms with E-state index in [0.29, 0.717) is 5.92 Å². The third-order valence-electron chi connectivity index (χ3n) is 2.65. The predicted octanol–water partition coefficient (Wildman–Crippen LogP) is 0.370. The maximum absolute atomic E-state index is 11.8. The maximum atomic E-state index is 11.8. The van der Waals surface area contributed by atoms with Gasteiger partial charge in [0.1, 0.15) is 0 Å². The Balaban J connectivity index is 2.55. The molecule has 0 aromatic rings. The summed E-state index contributed by atoms with van der Waals surface area (Å²) in [6.07, 6.45) is 5.31. The molecule has 1 amide bonds. The molecule has 0 aliphatic carbocycles. The van der Waals surface area contributed by atoms with Crippen LogP contribution in [-0.4, -0.2) is 24.5 Å². The summed E-state index contributed by atoms with van der Waals surface area (Å²) in [6.45, 7) is 7.41. The molecule has 3 nitrogen and oxygen atoms in total. The highest BCUT2D eigenvalue weighted by Crippen LogP contribution is 2.16. The molecule has 0 aromatic carbocycles. The van der Waals surface area contributed by atoms with Crippen molar-refractivity contribution in [2.45, 2.75) is 26.3 Å². The Morgan fingerprint density at radius 1 is 1.57 bits per heavy atom. The topological polar surface area (TPSA) is 41.1 Å². The van der Waals surface area contributed by atoms with E-state index in [0.717, 1.165) is 13.1 Å². The summed E-state index contributed by atoms with van der Waals surface area (Å²) in [7, 11) is 0. The molecular formula is C11H18N2O. The van der Waals surface area contributed by atoms with E-state index in [1.54, 1.807) is 0 Å². The molecule has 78 valence electrons. The summed E-state index contributed by atoms with van der Waals surface area (Å²) < 4.78 is 0. The minimum atomic E-state index is -0.542. The van der Waals surface area contributed by atoms with Gasteiger partial charge in [0.2, 0.25) is 5.91 Å². The molecule has 2 atom stereocenters. The van der Waals surface area contributed by atoms with Crippen molar-refractivity contribution in [3.63, 3.8) is 0 Å². The van der Waals surface area contributed by atoms with E-state index in [4.69, 9.17) is 6.42 Å². The van der Waals surface area contributed by atoms with Crippen molar-refractivity contribution >= 4 is 5.91 Å². The van der Waals surface area contributed by atoms with E-state index in [2.05, 4.69) is 23.5 Å². The monoisotopic (exact) mass is 194 g/mol. The lowest BCUT2D eigenvalue weighted by Crippen LogP contribution is -2.46. The molecule has 1 aliphatic heterocycles. The van der Waals surface area contributed by atoms with Gasteiger partial charge < -0.3 is 10.6 Å². The molecule has 2 N–H and O–H groups in total. The van der Waals surface area contributed by atoms with E-state index >= 15 is 0 Å². The highest BCUT2D eigenvalue weighted by atomic mass is 16.2. The molecule has 1 heterocycles. The molecule has 3 heteroatoms. The summed E-state index contributed by atoms with van der Waals surface area (Å²) in [6, 6.07) is 0. The quantitative estimate of drug-likeness (QED) is 0.624. The number of carbonyl (C=O) groups is 1. The highest BCUT2D eigenvalue weighted by molar-refractivity contribution is 5.80. The Hall–Kier alpha value is -1.01. The minimum Gasteiger partial charge on any atom is -0.340 e. The van der Waals surface area contributed by atoms with E-state index in [9.17, 15) is 4.79 Å². The Labute approximate surface area is 85.6 Å². The molecule has 0 spiro atoms. The van der Waals surface area contributed by atoms with Crippen LogP contribution in [0.25, 0.3) is 0 Å². The Kier molecular flexibility index (Phi) is 3.17. The van der Waals surface area contributed by atoms with Crippen LogP contribution < -0.4 is 10.6 Å². The van der Waals surface area contributed by atoms with Gasteiger partial charge >= 0.3 is 0 Å². The Morgan fingerprint density at radius 3 is 2.64 bits per heavy atom. The van der Waals surface area contributed by atoms with Crippen LogP contribution in [0.4, 0.5) is 0 Å². The first kappa shape index (κ1) is 11.1. The number of amides is 1. The van der Waals surface area contributed by atoms with Crippen molar-refractivity contribution in [2.24, 2.45) is 11.8 Å². The van der Waals surface area contributed by atoms with E-state index in [-0.39, 0.29) is 11.8 Å². The van der Waals surface area contributed by atoms with E-state index < -0.39 is 5.54 Å². The largest absolute Gasteiger partial charge is 0.340 e. The molecule has 0 unspecified atom stereocenters. The Bertz CT molecular complexity index is 265. The molecule has 0 bridgehead atoms. The summed E-state index contributed by atoms with van der Waals surface area (Å²) in [5, 5.41) is 6.06. The molecular weight excluding hydrogens is 176 g/mol. The SMILES string of the molecule is C#CC(C)(C)NC(=O)[C@@H]1CNC[C@H]1C. The lowest BCUT2D eigenvalue weighted by Gasteiger charge is -2.23. The van der Waals surface area contributed by atoms with Gasteiger partial charge in [-0.3, -0.25) is 4.79 Å². The first-order valence-electron chi connectivity index (χ1n) is 4.97. The van der Waals surface area contributed by atoms with Crippen LogP contribution in [0.2, 0.25) is 0 Å². The van der Waals surface area contributed by atoms with Crippen LogP contribution in [0.5, 0.6) is 0 Å². The lowest BCUT2D eigenvalue weighted by atomic mass is 9.95.